The number of morpholine rings is 1. The molecule has 2 aromatic carbocycles. The van der Waals surface area contributed by atoms with E-state index in [0.29, 0.717) is 60.1 Å². The number of benzene rings is 2. The van der Waals surface area contributed by atoms with Gasteiger partial charge in [-0.05, 0) is 147 Å². The second-order valence-corrected chi connectivity index (χ2v) is 52.8. The van der Waals surface area contributed by atoms with E-state index in [1.807, 2.05) is 163 Å². The summed E-state index contributed by atoms with van der Waals surface area (Å²) in [7, 11) is -6.27. The molecule has 18 heterocycles. The number of piperidine rings is 1. The van der Waals surface area contributed by atoms with Gasteiger partial charge >= 0.3 is 0 Å². The van der Waals surface area contributed by atoms with E-state index < -0.39 is 64.8 Å². The van der Waals surface area contributed by atoms with Crippen LogP contribution in [-0.2, 0) is 69.5 Å². The minimum absolute atomic E-state index is 0.0169. The summed E-state index contributed by atoms with van der Waals surface area (Å²) in [6, 6.07) is 38.2. The zero-order chi connectivity index (χ0) is 96.7. The van der Waals surface area contributed by atoms with Gasteiger partial charge in [0.25, 0.3) is 0 Å². The third-order valence-corrected chi connectivity index (χ3v) is 42.3. The molecule has 2 saturated heterocycles. The Morgan fingerprint density at radius 3 is 1.48 bits per heavy atom. The van der Waals surface area contributed by atoms with Crippen molar-refractivity contribution >= 4 is 263 Å². The van der Waals surface area contributed by atoms with Crippen LogP contribution in [0.3, 0.4) is 0 Å². The topological polar surface area (TPSA) is 377 Å². The maximum absolute atomic E-state index is 12.7. The molecular weight excluding hydrogens is 2010 g/mol. The molecule has 16 aromatic heterocycles. The Kier molecular flexibility index (Phi) is 35.7. The average molecular weight is 2120 g/mol. The van der Waals surface area contributed by atoms with Crippen molar-refractivity contribution in [3.63, 3.8) is 0 Å². The van der Waals surface area contributed by atoms with Gasteiger partial charge in [-0.3, -0.25) is 25.3 Å². The van der Waals surface area contributed by atoms with E-state index in [1.54, 1.807) is 63.9 Å². The number of oxazole rings is 1. The van der Waals surface area contributed by atoms with Gasteiger partial charge in [-0.2, -0.15) is 0 Å². The fourth-order valence-electron chi connectivity index (χ4n) is 15.0. The van der Waals surface area contributed by atoms with Gasteiger partial charge in [0.05, 0.1) is 127 Å². The normalized spacial score (nSPS) is 14.2. The zero-order valence-corrected chi connectivity index (χ0v) is 89.9. The van der Waals surface area contributed by atoms with Crippen LogP contribution in [0.1, 0.15) is 130 Å². The molecule has 0 saturated carbocycles. The monoisotopic (exact) mass is 2120 g/mol. The average Bonchev–Trinajstić information content (AvgIpc) is 1.64. The lowest BCUT2D eigenvalue weighted by atomic mass is 10.0. The van der Waals surface area contributed by atoms with Gasteiger partial charge in [-0.25, -0.2) is 54.8 Å². The number of thiophene rings is 6. The number of thiazole rings is 3. The third kappa shape index (κ3) is 24.2. The Bertz CT molecular complexity index is 7310. The molecule has 137 heavy (non-hydrogen) atoms. The molecule has 25 nitrogen and oxygen atoms in total. The summed E-state index contributed by atoms with van der Waals surface area (Å²) in [5.74, 6) is 5.87. The molecule has 0 radical (unpaired) electrons. The van der Waals surface area contributed by atoms with Crippen LogP contribution in [0.15, 0.2) is 186 Å². The molecule has 0 bridgehead atoms. The number of anilines is 6. The maximum atomic E-state index is 12.7. The SMILES string of the molecule is CC(C)S(=O)c1sc2nc(-c3ncco3)cc(-c3ccccc3)c2c1N.CCCCS(=O)c1cc2c(N3CCCCC3)nc(-c3ccccc3)nc2s1.CCCCS(=O)c1nc2ccc(-c3cccs3)nc2s1.CCCS(=O)c1sc2nc(-c3nccs3)cc(C)c2c1N.CCCS(=O)c1sc2nc(N3CCOCC3)cc(C)c2c1N.Cc1cc(-c2nccs2)nc2sc(S(=O)C(C)C)c(N)c12. The Balaban J connectivity index is 0.000000125. The van der Waals surface area contributed by atoms with Crippen LogP contribution in [0.2, 0.25) is 0 Å². The van der Waals surface area contributed by atoms with Gasteiger partial charge in [-0.15, -0.1) is 90.7 Å². The molecule has 0 amide bonds. The lowest BCUT2D eigenvalue weighted by Gasteiger charge is -2.28. The quantitative estimate of drug-likeness (QED) is 0.0391. The van der Waals surface area contributed by atoms with Gasteiger partial charge in [0, 0.05) is 110 Å². The molecule has 2 aliphatic rings. The van der Waals surface area contributed by atoms with Crippen molar-refractivity contribution in [2.75, 3.05) is 95.1 Å². The maximum Gasteiger partial charge on any atom is 0.245 e. The molecule has 0 spiro atoms. The largest absolute Gasteiger partial charge is 0.443 e. The highest BCUT2D eigenvalue weighted by Gasteiger charge is 2.29. The molecule has 8 N–H and O–H groups in total. The zero-order valence-electron chi connectivity index (χ0n) is 77.6. The van der Waals surface area contributed by atoms with Crippen LogP contribution >= 0.6 is 102 Å². The number of hydrogen-bond acceptors (Lipinski definition) is 34. The van der Waals surface area contributed by atoms with Crippen LogP contribution < -0.4 is 32.7 Å². The Morgan fingerprint density at radius 1 is 0.423 bits per heavy atom. The van der Waals surface area contributed by atoms with E-state index in [4.69, 9.17) is 47.0 Å². The molecule has 6 unspecified atom stereocenters. The predicted molar refractivity (Wildman–Crippen MR) is 585 cm³/mol. The second-order valence-electron chi connectivity index (χ2n) is 32.6. The molecule has 718 valence electrons. The fraction of sp³-hybridized carbons (Fsp3) is 0.330. The van der Waals surface area contributed by atoms with E-state index in [9.17, 15) is 25.3 Å². The van der Waals surface area contributed by atoms with Gasteiger partial charge in [0.15, 0.2) is 10.2 Å². The van der Waals surface area contributed by atoms with Crippen LogP contribution in [0.5, 0.6) is 0 Å². The molecule has 0 aliphatic carbocycles. The number of nitrogens with two attached hydrogens (primary N) is 4. The Labute approximate surface area is 847 Å². The van der Waals surface area contributed by atoms with Gasteiger partial charge < -0.3 is 41.9 Å². The fourth-order valence-corrected chi connectivity index (χ4v) is 32.8. The number of unbranched alkanes of at least 4 members (excludes halogenated alkanes) is 2. The van der Waals surface area contributed by atoms with Gasteiger partial charge in [0.2, 0.25) is 5.89 Å². The predicted octanol–water partition coefficient (Wildman–Crippen LogP) is 24.5. The molecule has 6 atom stereocenters. The number of hydrogen-bond donors (Lipinski definition) is 4. The number of aryl methyl sites for hydroxylation is 3. The summed E-state index contributed by atoms with van der Waals surface area (Å²) in [5.41, 5.74) is 37.8. The van der Waals surface area contributed by atoms with Crippen molar-refractivity contribution in [2.45, 2.75) is 170 Å². The molecule has 20 rings (SSSR count). The Hall–Kier alpha value is -9.21. The third-order valence-electron chi connectivity index (χ3n) is 21.9. The van der Waals surface area contributed by atoms with E-state index in [2.05, 4.69) is 93.9 Å². The van der Waals surface area contributed by atoms with Crippen molar-refractivity contribution in [3.05, 3.63) is 173 Å². The van der Waals surface area contributed by atoms with E-state index in [0.717, 1.165) is 245 Å². The lowest BCUT2D eigenvalue weighted by Crippen LogP contribution is -2.36. The summed E-state index contributed by atoms with van der Waals surface area (Å²) >= 11 is 13.5. The number of pyridine rings is 5. The van der Waals surface area contributed by atoms with Crippen LogP contribution in [0, 0.1) is 20.8 Å². The standard InChI is InChI=1S/C21H25N3OS2.C19H17N3O2S2.C15H21N3O2S2.2C14H15N3OS3.C14H14N2OS3/c1-2-3-14-27(25)18-15-17-20(24-12-8-5-9-13-24)22-19(23-21(17)26-18)16-10-6-4-7-11-16;1-11(2)26(23)19-16(20)15-13(12-6-4-3-5-7-12)10-14(22-18(15)25-19)17-21-8-9-24-17;1-3-8-22(19)15-13(16)12-10(2)9-11(17-14(12)21-15)18-4-6-20-7-5-18;1-7(2)21(18)14-11(15)10-8(3)6-9(17-13(10)20-14)12-16-4-5-19-12;1-3-6-21(18)14-11(15)10-8(2)7-9(17-13(10)20-14)12-16-4-5-19-12;1-2-3-9-20(17)14-16-11-7-6-10(15-13(11)19-14)12-5-4-8-18-12/h4,6-7,10-11,15H,2-3,5,8-9,12-14H2,1H3;3-11H,20H2,1-2H3;9H,3-8,16H2,1-2H3;4-7H,15H2,1-3H3;4-5,7H,3,6,15H2,1-2H3;4-8H,2-3,9H2,1H3. The van der Waals surface area contributed by atoms with E-state index in [-0.39, 0.29) is 10.5 Å². The smallest absolute Gasteiger partial charge is 0.245 e. The molecule has 2 fully saturated rings. The number of aromatic nitrogens is 11. The molecular formula is C97H107N17O8S15. The summed E-state index contributed by atoms with van der Waals surface area (Å²) in [6.07, 6.45) is 16.2. The molecule has 2 aliphatic heterocycles. The number of ether oxygens (including phenoxy) is 1. The van der Waals surface area contributed by atoms with Crippen molar-refractivity contribution in [2.24, 2.45) is 0 Å². The van der Waals surface area contributed by atoms with Crippen molar-refractivity contribution in [3.8, 4) is 66.1 Å². The van der Waals surface area contributed by atoms with Crippen LogP contribution in [0.25, 0.3) is 128 Å². The summed E-state index contributed by atoms with van der Waals surface area (Å²) in [6.45, 7) is 27.3. The highest BCUT2D eigenvalue weighted by molar-refractivity contribution is 7.89. The highest BCUT2D eigenvalue weighted by Crippen LogP contribution is 2.47. The van der Waals surface area contributed by atoms with E-state index >= 15 is 0 Å². The summed E-state index contributed by atoms with van der Waals surface area (Å²) < 4.78 is 89.8. The van der Waals surface area contributed by atoms with Crippen LogP contribution in [0.4, 0.5) is 34.4 Å². The van der Waals surface area contributed by atoms with Crippen molar-refractivity contribution < 1.29 is 34.4 Å². The van der Waals surface area contributed by atoms with E-state index in [1.165, 1.54) is 82.2 Å². The first kappa shape index (κ1) is 102. The van der Waals surface area contributed by atoms with Crippen molar-refractivity contribution in [1.29, 1.82) is 0 Å². The highest BCUT2D eigenvalue weighted by atomic mass is 32.2. The minimum Gasteiger partial charge on any atom is -0.443 e. The number of rotatable bonds is 26. The number of nitrogen functional groups attached to an aromatic ring is 4. The van der Waals surface area contributed by atoms with Crippen LogP contribution in [-0.4, -0.2) is 153 Å². The Morgan fingerprint density at radius 2 is 0.949 bits per heavy atom. The second kappa shape index (κ2) is 47.8. The van der Waals surface area contributed by atoms with Crippen molar-refractivity contribution in [1.82, 2.24) is 54.8 Å². The first-order valence-electron chi connectivity index (χ1n) is 45.0. The van der Waals surface area contributed by atoms with Gasteiger partial charge in [-0.1, -0.05) is 146 Å². The minimum atomic E-state index is -1.17. The number of nitrogens with zero attached hydrogens (tertiary/aromatic N) is 13. The molecule has 18 aromatic rings. The molecule has 40 heteroatoms. The lowest BCUT2D eigenvalue weighted by molar-refractivity contribution is 0.122. The summed E-state index contributed by atoms with van der Waals surface area (Å²) in [4.78, 5) is 61.3. The van der Waals surface area contributed by atoms with Gasteiger partial charge in [0.1, 0.15) is 96.3 Å². The first-order valence-corrected chi connectivity index (χ1v) is 60.2. The summed E-state index contributed by atoms with van der Waals surface area (Å²) in [5, 5.41) is 12.4. The number of fused-ring (bicyclic) bond motifs is 6. The first-order chi connectivity index (χ1) is 66.3.